The standard InChI is InChI=1S/C14H18ClN5O2/c1-14(2)21-5-9(22-14)8-3-7(8)4-20-6-17-10-11(15)18-13(16)19-12(10)20/h6-9H,3-5H2,1-2H3,(H2,16,18,19)/t7-,8-,9-/m1/s1. The van der Waals surface area contributed by atoms with Crippen LogP contribution in [0.1, 0.15) is 20.3 Å². The number of anilines is 1. The molecule has 4 rings (SSSR count). The van der Waals surface area contributed by atoms with Crippen molar-refractivity contribution in [3.05, 3.63) is 11.5 Å². The number of rotatable bonds is 3. The number of hydrogen-bond acceptors (Lipinski definition) is 6. The lowest BCUT2D eigenvalue weighted by Crippen LogP contribution is -2.22. The van der Waals surface area contributed by atoms with Gasteiger partial charge in [0, 0.05) is 6.54 Å². The van der Waals surface area contributed by atoms with Gasteiger partial charge >= 0.3 is 0 Å². The first-order chi connectivity index (χ1) is 10.4. The quantitative estimate of drug-likeness (QED) is 0.867. The monoisotopic (exact) mass is 323 g/mol. The fourth-order valence-corrected chi connectivity index (χ4v) is 3.39. The molecule has 3 heterocycles. The second-order valence-electron chi connectivity index (χ2n) is 6.47. The van der Waals surface area contributed by atoms with Gasteiger partial charge in [-0.25, -0.2) is 4.98 Å². The summed E-state index contributed by atoms with van der Waals surface area (Å²) >= 11 is 6.05. The van der Waals surface area contributed by atoms with E-state index < -0.39 is 5.79 Å². The maximum atomic E-state index is 6.05. The van der Waals surface area contributed by atoms with E-state index in [9.17, 15) is 0 Å². The van der Waals surface area contributed by atoms with E-state index in [-0.39, 0.29) is 12.1 Å². The van der Waals surface area contributed by atoms with Gasteiger partial charge in [0.1, 0.15) is 5.52 Å². The number of nitrogens with two attached hydrogens (primary N) is 1. The minimum Gasteiger partial charge on any atom is -0.368 e. The zero-order valence-electron chi connectivity index (χ0n) is 12.5. The Hall–Kier alpha value is -1.44. The number of ether oxygens (including phenoxy) is 2. The number of hydrogen-bond donors (Lipinski definition) is 1. The van der Waals surface area contributed by atoms with Crippen molar-refractivity contribution < 1.29 is 9.47 Å². The minimum absolute atomic E-state index is 0.167. The largest absolute Gasteiger partial charge is 0.368 e. The Morgan fingerprint density at radius 2 is 2.27 bits per heavy atom. The zero-order chi connectivity index (χ0) is 15.5. The fourth-order valence-electron chi connectivity index (χ4n) is 3.17. The molecule has 2 aliphatic rings. The average Bonchev–Trinajstić information content (AvgIpc) is 2.93. The number of imidazole rings is 1. The molecular formula is C14H18ClN5O2. The van der Waals surface area contributed by atoms with Crippen LogP contribution in [0.5, 0.6) is 0 Å². The Balaban J connectivity index is 1.49. The minimum atomic E-state index is -0.464. The molecule has 0 unspecified atom stereocenters. The van der Waals surface area contributed by atoms with E-state index in [4.69, 9.17) is 26.8 Å². The van der Waals surface area contributed by atoms with Crippen molar-refractivity contribution in [3.8, 4) is 0 Å². The molecule has 1 aliphatic heterocycles. The van der Waals surface area contributed by atoms with Crippen molar-refractivity contribution in [1.82, 2.24) is 19.5 Å². The van der Waals surface area contributed by atoms with Gasteiger partial charge in [-0.15, -0.1) is 0 Å². The molecule has 0 radical (unpaired) electrons. The maximum Gasteiger partial charge on any atom is 0.223 e. The first-order valence-corrected chi connectivity index (χ1v) is 7.76. The van der Waals surface area contributed by atoms with Crippen LogP contribution in [0.15, 0.2) is 6.33 Å². The predicted octanol–water partition coefficient (Wildman–Crippen LogP) is 1.85. The number of nitrogens with zero attached hydrogens (tertiary/aromatic N) is 4. The summed E-state index contributed by atoms with van der Waals surface area (Å²) in [6.07, 6.45) is 3.05. The highest BCUT2D eigenvalue weighted by Crippen LogP contribution is 2.47. The third-order valence-electron chi connectivity index (χ3n) is 4.36. The SMILES string of the molecule is CC1(C)OC[C@H]([C@@H]2C[C@@H]2Cn2cnc3c(Cl)nc(N)nc32)O1. The molecule has 2 N–H and O–H groups in total. The van der Waals surface area contributed by atoms with Crippen molar-refractivity contribution in [3.63, 3.8) is 0 Å². The van der Waals surface area contributed by atoms with Crippen LogP contribution >= 0.6 is 11.6 Å². The van der Waals surface area contributed by atoms with Crippen molar-refractivity contribution in [2.45, 2.75) is 38.7 Å². The van der Waals surface area contributed by atoms with E-state index in [0.717, 1.165) is 13.0 Å². The van der Waals surface area contributed by atoms with Crippen LogP contribution in [0.4, 0.5) is 5.95 Å². The third-order valence-corrected chi connectivity index (χ3v) is 4.62. The van der Waals surface area contributed by atoms with E-state index in [0.29, 0.717) is 34.8 Å². The van der Waals surface area contributed by atoms with Gasteiger partial charge in [-0.2, -0.15) is 9.97 Å². The van der Waals surface area contributed by atoms with Crippen LogP contribution in [-0.4, -0.2) is 38.0 Å². The summed E-state index contributed by atoms with van der Waals surface area (Å²) in [6, 6.07) is 0. The lowest BCUT2D eigenvalue weighted by Gasteiger charge is -2.17. The Kier molecular flexibility index (Phi) is 3.08. The Labute approximate surface area is 132 Å². The van der Waals surface area contributed by atoms with Crippen molar-refractivity contribution >= 4 is 28.7 Å². The molecule has 2 aromatic rings. The smallest absolute Gasteiger partial charge is 0.223 e. The van der Waals surface area contributed by atoms with Crippen LogP contribution in [0.25, 0.3) is 11.2 Å². The molecular weight excluding hydrogens is 306 g/mol. The van der Waals surface area contributed by atoms with Gasteiger partial charge in [0.2, 0.25) is 5.95 Å². The van der Waals surface area contributed by atoms with Crippen molar-refractivity contribution in [2.75, 3.05) is 12.3 Å². The van der Waals surface area contributed by atoms with Gasteiger partial charge in [0.15, 0.2) is 16.6 Å². The lowest BCUT2D eigenvalue weighted by molar-refractivity contribution is -0.141. The average molecular weight is 324 g/mol. The second-order valence-corrected chi connectivity index (χ2v) is 6.83. The van der Waals surface area contributed by atoms with Gasteiger partial charge in [-0.3, -0.25) is 0 Å². The summed E-state index contributed by atoms with van der Waals surface area (Å²) in [5, 5.41) is 0.294. The van der Waals surface area contributed by atoms with Crippen molar-refractivity contribution in [1.29, 1.82) is 0 Å². The lowest BCUT2D eigenvalue weighted by atomic mass is 10.2. The number of halogens is 1. The van der Waals surface area contributed by atoms with Crippen molar-refractivity contribution in [2.24, 2.45) is 11.8 Å². The zero-order valence-corrected chi connectivity index (χ0v) is 13.2. The molecule has 1 aliphatic carbocycles. The summed E-state index contributed by atoms with van der Waals surface area (Å²) in [7, 11) is 0. The van der Waals surface area contributed by atoms with E-state index in [1.54, 1.807) is 6.33 Å². The van der Waals surface area contributed by atoms with Gasteiger partial charge in [0.25, 0.3) is 0 Å². The molecule has 0 bridgehead atoms. The molecule has 0 aromatic carbocycles. The highest BCUT2D eigenvalue weighted by Gasteiger charge is 2.48. The molecule has 0 spiro atoms. The third kappa shape index (κ3) is 2.43. The second kappa shape index (κ2) is 4.78. The summed E-state index contributed by atoms with van der Waals surface area (Å²) in [4.78, 5) is 12.5. The number of aromatic nitrogens is 4. The fraction of sp³-hybridized carbons (Fsp3) is 0.643. The van der Waals surface area contributed by atoms with E-state index in [1.165, 1.54) is 0 Å². The van der Waals surface area contributed by atoms with Gasteiger partial charge in [0.05, 0.1) is 19.0 Å². The molecule has 2 aromatic heterocycles. The molecule has 8 heteroatoms. The van der Waals surface area contributed by atoms with Gasteiger partial charge < -0.3 is 19.8 Å². The molecule has 118 valence electrons. The normalized spacial score (nSPS) is 30.0. The summed E-state index contributed by atoms with van der Waals surface area (Å²) in [6.45, 7) is 5.40. The van der Waals surface area contributed by atoms with Crippen LogP contribution in [0.3, 0.4) is 0 Å². The maximum absolute atomic E-state index is 6.05. The first kappa shape index (κ1) is 14.2. The molecule has 1 saturated heterocycles. The highest BCUT2D eigenvalue weighted by molar-refractivity contribution is 6.33. The highest BCUT2D eigenvalue weighted by atomic mass is 35.5. The molecule has 7 nitrogen and oxygen atoms in total. The Bertz CT molecular complexity index is 731. The van der Waals surface area contributed by atoms with Gasteiger partial charge in [-0.05, 0) is 32.1 Å². The van der Waals surface area contributed by atoms with Crippen LogP contribution in [-0.2, 0) is 16.0 Å². The Morgan fingerprint density at radius 3 is 3.00 bits per heavy atom. The van der Waals surface area contributed by atoms with Crippen LogP contribution in [0, 0.1) is 11.8 Å². The predicted molar refractivity (Wildman–Crippen MR) is 81.2 cm³/mol. The van der Waals surface area contributed by atoms with E-state index in [1.807, 2.05) is 18.4 Å². The molecule has 2 fully saturated rings. The number of nitrogen functional groups attached to an aromatic ring is 1. The Morgan fingerprint density at radius 1 is 1.45 bits per heavy atom. The molecule has 0 amide bonds. The molecule has 1 saturated carbocycles. The first-order valence-electron chi connectivity index (χ1n) is 7.38. The summed E-state index contributed by atoms with van der Waals surface area (Å²) in [5.74, 6) is 0.763. The summed E-state index contributed by atoms with van der Waals surface area (Å²) in [5.41, 5.74) is 6.95. The van der Waals surface area contributed by atoms with Crippen LogP contribution in [0.2, 0.25) is 5.15 Å². The van der Waals surface area contributed by atoms with Crippen LogP contribution < -0.4 is 5.73 Å². The molecule has 3 atom stereocenters. The molecule has 22 heavy (non-hydrogen) atoms. The van der Waals surface area contributed by atoms with Gasteiger partial charge in [-0.1, -0.05) is 11.6 Å². The topological polar surface area (TPSA) is 88.1 Å². The van der Waals surface area contributed by atoms with E-state index in [2.05, 4.69) is 15.0 Å². The summed E-state index contributed by atoms with van der Waals surface area (Å²) < 4.78 is 13.6. The number of fused-ring (bicyclic) bond motifs is 1. The van der Waals surface area contributed by atoms with E-state index >= 15 is 0 Å².